The van der Waals surface area contributed by atoms with Crippen molar-refractivity contribution < 1.29 is 4.74 Å². The van der Waals surface area contributed by atoms with E-state index in [1.165, 1.54) is 37.0 Å². The van der Waals surface area contributed by atoms with Gasteiger partial charge in [-0.05, 0) is 85.8 Å². The van der Waals surface area contributed by atoms with Crippen molar-refractivity contribution in [3.63, 3.8) is 0 Å². The lowest BCUT2D eigenvalue weighted by Crippen LogP contribution is -2.43. The number of fused-ring (bicyclic) bond motifs is 3. The second-order valence-corrected chi connectivity index (χ2v) is 11.1. The van der Waals surface area contributed by atoms with Crippen LogP contribution in [-0.2, 0) is 0 Å². The van der Waals surface area contributed by atoms with Crippen molar-refractivity contribution in [2.75, 3.05) is 7.05 Å². The molecule has 0 spiro atoms. The molecule has 7 heteroatoms. The van der Waals surface area contributed by atoms with Crippen LogP contribution in [0.4, 0.5) is 0 Å². The quantitative estimate of drug-likeness (QED) is 0.467. The van der Waals surface area contributed by atoms with Crippen LogP contribution < -0.4 is 10.3 Å². The number of piperidine rings is 1. The fraction of sp³-hybridized carbons (Fsp3) is 0.440. The monoisotopic (exact) mass is 509 g/mol. The minimum absolute atomic E-state index is 0.0630. The summed E-state index contributed by atoms with van der Waals surface area (Å²) in [5.41, 5.74) is 1.42. The number of halogens is 1. The zero-order valence-electron chi connectivity index (χ0n) is 17.9. The van der Waals surface area contributed by atoms with Gasteiger partial charge in [0.2, 0.25) is 0 Å². The number of benzene rings is 1. The molecule has 32 heavy (non-hydrogen) atoms. The highest BCUT2D eigenvalue weighted by Gasteiger charge is 2.39. The van der Waals surface area contributed by atoms with Crippen molar-refractivity contribution in [1.29, 1.82) is 0 Å². The molecule has 2 aliphatic heterocycles. The molecule has 2 bridgehead atoms. The molecule has 0 unspecified atom stereocenters. The Morgan fingerprint density at radius 1 is 1.16 bits per heavy atom. The van der Waals surface area contributed by atoms with E-state index in [9.17, 15) is 4.79 Å². The van der Waals surface area contributed by atoms with E-state index < -0.39 is 0 Å². The Labute approximate surface area is 199 Å². The summed E-state index contributed by atoms with van der Waals surface area (Å²) in [6.07, 6.45) is 8.93. The standard InChI is InChI=1S/C25H24BrN3O2S/c1-28-16-5-6-17(28)11-19(10-16)31-23-9-7-18(12-21(23)26)29-14-27-22-13-20(8-4-15-2-3-15)32-24(22)25(29)30/h7,9,12-17,19H,2-3,5-6,10-11H2,1H3/t16-,17+,19-. The lowest BCUT2D eigenvalue weighted by molar-refractivity contribution is 0.0657. The van der Waals surface area contributed by atoms with Crippen LogP contribution in [0.5, 0.6) is 5.75 Å². The van der Waals surface area contributed by atoms with E-state index in [-0.39, 0.29) is 11.7 Å². The second-order valence-electron chi connectivity index (χ2n) is 9.16. The third-order valence-corrected chi connectivity index (χ3v) is 8.60. The Balaban J connectivity index is 1.25. The first kappa shape index (κ1) is 20.5. The molecular formula is C25H24BrN3O2S. The predicted octanol–water partition coefficient (Wildman–Crippen LogP) is 4.98. The molecule has 3 fully saturated rings. The number of thiophene rings is 1. The Bertz CT molecular complexity index is 1300. The van der Waals surface area contributed by atoms with E-state index in [0.717, 1.165) is 33.6 Å². The van der Waals surface area contributed by atoms with Gasteiger partial charge in [0.05, 0.1) is 20.6 Å². The van der Waals surface area contributed by atoms with Gasteiger partial charge >= 0.3 is 0 Å². The van der Waals surface area contributed by atoms with Gasteiger partial charge in [-0.2, -0.15) is 0 Å². The summed E-state index contributed by atoms with van der Waals surface area (Å²) in [5, 5.41) is 0. The first-order chi connectivity index (χ1) is 15.5. The van der Waals surface area contributed by atoms with Crippen LogP contribution in [0, 0.1) is 17.8 Å². The molecule has 164 valence electrons. The summed E-state index contributed by atoms with van der Waals surface area (Å²) in [4.78, 5) is 21.1. The molecule has 2 aromatic heterocycles. The molecule has 3 aliphatic rings. The molecule has 3 aromatic rings. The number of rotatable bonds is 3. The highest BCUT2D eigenvalue weighted by Crippen LogP contribution is 2.37. The van der Waals surface area contributed by atoms with Gasteiger partial charge in [0.15, 0.2) is 0 Å². The Morgan fingerprint density at radius 2 is 1.94 bits per heavy atom. The fourth-order valence-electron chi connectivity index (χ4n) is 4.93. The summed E-state index contributed by atoms with van der Waals surface area (Å²) < 4.78 is 9.47. The van der Waals surface area contributed by atoms with Gasteiger partial charge in [0.25, 0.3) is 5.56 Å². The van der Waals surface area contributed by atoms with Crippen molar-refractivity contribution in [3.05, 3.63) is 50.3 Å². The Kier molecular flexibility index (Phi) is 5.13. The summed E-state index contributed by atoms with van der Waals surface area (Å²) in [6, 6.07) is 9.02. The molecule has 0 radical (unpaired) electrons. The van der Waals surface area contributed by atoms with Crippen molar-refractivity contribution in [3.8, 4) is 23.3 Å². The van der Waals surface area contributed by atoms with Crippen LogP contribution >= 0.6 is 27.3 Å². The maximum atomic E-state index is 13.1. The van der Waals surface area contributed by atoms with Gasteiger partial charge in [-0.3, -0.25) is 9.36 Å². The largest absolute Gasteiger partial charge is 0.489 e. The van der Waals surface area contributed by atoms with E-state index in [0.29, 0.717) is 28.2 Å². The van der Waals surface area contributed by atoms with Crippen molar-refractivity contribution in [2.24, 2.45) is 5.92 Å². The molecule has 3 atom stereocenters. The van der Waals surface area contributed by atoms with Gasteiger partial charge in [-0.1, -0.05) is 11.8 Å². The molecular weight excluding hydrogens is 486 g/mol. The molecule has 5 nitrogen and oxygen atoms in total. The SMILES string of the molecule is CN1[C@@H]2CC[C@H]1C[C@H](Oc1ccc(-n3cnc4cc(C#CC5CC5)sc4c3=O)cc1Br)C2. The number of hydrogen-bond donors (Lipinski definition) is 0. The van der Waals surface area contributed by atoms with Crippen LogP contribution in [0.1, 0.15) is 43.4 Å². The van der Waals surface area contributed by atoms with Crippen LogP contribution in [0.15, 0.2) is 39.9 Å². The first-order valence-corrected chi connectivity index (χ1v) is 12.9. The topological polar surface area (TPSA) is 47.4 Å². The normalized spacial score (nSPS) is 25.0. The molecule has 4 heterocycles. The van der Waals surface area contributed by atoms with Gasteiger partial charge in [-0.15, -0.1) is 11.3 Å². The van der Waals surface area contributed by atoms with Gasteiger partial charge in [0.1, 0.15) is 22.9 Å². The van der Waals surface area contributed by atoms with Gasteiger partial charge in [0, 0.05) is 18.0 Å². The molecule has 1 aliphatic carbocycles. The maximum absolute atomic E-state index is 13.1. The lowest BCUT2D eigenvalue weighted by Gasteiger charge is -2.36. The second kappa shape index (κ2) is 8.02. The number of ether oxygens (including phenoxy) is 1. The van der Waals surface area contributed by atoms with E-state index in [2.05, 4.69) is 44.7 Å². The van der Waals surface area contributed by atoms with E-state index >= 15 is 0 Å². The van der Waals surface area contributed by atoms with Gasteiger partial charge < -0.3 is 9.64 Å². The molecule has 2 saturated heterocycles. The smallest absolute Gasteiger partial charge is 0.275 e. The third-order valence-electron chi connectivity index (χ3n) is 6.96. The average Bonchev–Trinajstić information content (AvgIpc) is 3.48. The highest BCUT2D eigenvalue weighted by atomic mass is 79.9. The number of nitrogens with zero attached hydrogens (tertiary/aromatic N) is 3. The lowest BCUT2D eigenvalue weighted by atomic mass is 10.0. The summed E-state index contributed by atoms with van der Waals surface area (Å²) in [5.74, 6) is 7.83. The van der Waals surface area contributed by atoms with Crippen molar-refractivity contribution in [2.45, 2.75) is 56.7 Å². The van der Waals surface area contributed by atoms with E-state index in [4.69, 9.17) is 4.74 Å². The van der Waals surface area contributed by atoms with Gasteiger partial charge in [-0.25, -0.2) is 4.98 Å². The minimum atomic E-state index is -0.0630. The van der Waals surface area contributed by atoms with Crippen LogP contribution in [-0.4, -0.2) is 39.7 Å². The Morgan fingerprint density at radius 3 is 2.66 bits per heavy atom. The molecule has 1 saturated carbocycles. The van der Waals surface area contributed by atoms with E-state index in [1.807, 2.05) is 24.3 Å². The predicted molar refractivity (Wildman–Crippen MR) is 131 cm³/mol. The summed E-state index contributed by atoms with van der Waals surface area (Å²) in [7, 11) is 2.24. The van der Waals surface area contributed by atoms with Crippen molar-refractivity contribution in [1.82, 2.24) is 14.5 Å². The summed E-state index contributed by atoms with van der Waals surface area (Å²) in [6.45, 7) is 0. The Hall–Kier alpha value is -2.14. The highest BCUT2D eigenvalue weighted by molar-refractivity contribution is 9.10. The maximum Gasteiger partial charge on any atom is 0.275 e. The number of aromatic nitrogens is 2. The third kappa shape index (κ3) is 3.79. The van der Waals surface area contributed by atoms with E-state index in [1.54, 1.807) is 10.9 Å². The molecule has 0 N–H and O–H groups in total. The van der Waals surface area contributed by atoms with Crippen LogP contribution in [0.2, 0.25) is 0 Å². The zero-order chi connectivity index (χ0) is 21.8. The minimum Gasteiger partial charge on any atom is -0.489 e. The van der Waals surface area contributed by atoms with Crippen LogP contribution in [0.3, 0.4) is 0 Å². The molecule has 0 amide bonds. The zero-order valence-corrected chi connectivity index (χ0v) is 20.3. The van der Waals surface area contributed by atoms with Crippen LogP contribution in [0.25, 0.3) is 15.9 Å². The fourth-order valence-corrected chi connectivity index (χ4v) is 6.29. The summed E-state index contributed by atoms with van der Waals surface area (Å²) >= 11 is 5.09. The number of hydrogen-bond acceptors (Lipinski definition) is 5. The average molecular weight is 510 g/mol. The van der Waals surface area contributed by atoms with Crippen molar-refractivity contribution >= 4 is 37.5 Å². The molecule has 6 rings (SSSR count). The molecule has 1 aromatic carbocycles. The first-order valence-electron chi connectivity index (χ1n) is 11.3.